The minimum atomic E-state index is -2.84. The van der Waals surface area contributed by atoms with Crippen LogP contribution in [-0.2, 0) is 6.54 Å². The van der Waals surface area contributed by atoms with Crippen LogP contribution in [0.4, 0.5) is 14.5 Å². The molecule has 3 nitrogen and oxygen atoms in total. The predicted octanol–water partition coefficient (Wildman–Crippen LogP) is 3.95. The number of alkyl halides is 2. The Morgan fingerprint density at radius 3 is 2.74 bits per heavy atom. The molecule has 0 bridgehead atoms. The standard InChI is InChI=1S/C13H11ClF2N2O/c14-12-10(5-3-7-17-12)18-8-9-4-1-2-6-11(9)19-13(15)16/h1-7,13,18H,8H2. The molecule has 1 N–H and O–H groups in total. The molecular weight excluding hydrogens is 274 g/mol. The van der Waals surface area contributed by atoms with Crippen LogP contribution in [0.3, 0.4) is 0 Å². The van der Waals surface area contributed by atoms with Crippen molar-refractivity contribution in [3.8, 4) is 5.75 Å². The third kappa shape index (κ3) is 3.79. The maximum Gasteiger partial charge on any atom is 0.387 e. The highest BCUT2D eigenvalue weighted by Crippen LogP contribution is 2.23. The number of aromatic nitrogens is 1. The van der Waals surface area contributed by atoms with Crippen molar-refractivity contribution < 1.29 is 13.5 Å². The minimum Gasteiger partial charge on any atom is -0.434 e. The smallest absolute Gasteiger partial charge is 0.387 e. The molecule has 0 spiro atoms. The largest absolute Gasteiger partial charge is 0.434 e. The fourth-order valence-electron chi connectivity index (χ4n) is 1.57. The first-order valence-corrected chi connectivity index (χ1v) is 5.91. The van der Waals surface area contributed by atoms with Gasteiger partial charge in [0, 0.05) is 18.3 Å². The summed E-state index contributed by atoms with van der Waals surface area (Å²) in [5, 5.41) is 3.35. The molecule has 0 amide bonds. The normalized spacial score (nSPS) is 10.5. The molecule has 1 heterocycles. The Labute approximate surface area is 114 Å². The summed E-state index contributed by atoms with van der Waals surface area (Å²) in [5.74, 6) is 0.144. The first-order chi connectivity index (χ1) is 9.16. The Bertz CT molecular complexity index is 552. The van der Waals surface area contributed by atoms with Crippen LogP contribution in [0, 0.1) is 0 Å². The van der Waals surface area contributed by atoms with Gasteiger partial charge in [0.1, 0.15) is 5.75 Å². The molecule has 0 aliphatic rings. The summed E-state index contributed by atoms with van der Waals surface area (Å²) in [6.45, 7) is -2.53. The summed E-state index contributed by atoms with van der Waals surface area (Å²) < 4.78 is 29.0. The average molecular weight is 285 g/mol. The van der Waals surface area contributed by atoms with Crippen molar-refractivity contribution in [3.05, 3.63) is 53.3 Å². The summed E-state index contributed by atoms with van der Waals surface area (Å²) in [5.41, 5.74) is 1.25. The molecule has 0 atom stereocenters. The number of ether oxygens (including phenoxy) is 1. The zero-order valence-electron chi connectivity index (χ0n) is 9.82. The van der Waals surface area contributed by atoms with Crippen LogP contribution in [-0.4, -0.2) is 11.6 Å². The lowest BCUT2D eigenvalue weighted by molar-refractivity contribution is -0.0504. The molecule has 0 aliphatic heterocycles. The third-order valence-electron chi connectivity index (χ3n) is 2.42. The molecule has 2 aromatic rings. The van der Waals surface area contributed by atoms with Gasteiger partial charge in [-0.1, -0.05) is 29.8 Å². The van der Waals surface area contributed by atoms with E-state index in [2.05, 4.69) is 15.0 Å². The molecule has 1 aromatic heterocycles. The monoisotopic (exact) mass is 284 g/mol. The van der Waals surface area contributed by atoms with Crippen molar-refractivity contribution in [2.75, 3.05) is 5.32 Å². The number of anilines is 1. The summed E-state index contributed by atoms with van der Waals surface area (Å²) in [7, 11) is 0. The molecule has 100 valence electrons. The van der Waals surface area contributed by atoms with Crippen LogP contribution in [0.25, 0.3) is 0 Å². The predicted molar refractivity (Wildman–Crippen MR) is 69.6 cm³/mol. The Balaban J connectivity index is 2.09. The number of hydrogen-bond donors (Lipinski definition) is 1. The lowest BCUT2D eigenvalue weighted by Crippen LogP contribution is -2.07. The Morgan fingerprint density at radius 1 is 1.21 bits per heavy atom. The number of nitrogens with zero attached hydrogens (tertiary/aromatic N) is 1. The Hall–Kier alpha value is -1.88. The van der Waals surface area contributed by atoms with Crippen molar-refractivity contribution in [1.29, 1.82) is 0 Å². The van der Waals surface area contributed by atoms with Gasteiger partial charge in [0.25, 0.3) is 0 Å². The number of halogens is 3. The van der Waals surface area contributed by atoms with E-state index in [4.69, 9.17) is 11.6 Å². The van der Waals surface area contributed by atoms with E-state index in [1.165, 1.54) is 6.07 Å². The van der Waals surface area contributed by atoms with Gasteiger partial charge in [0.2, 0.25) is 0 Å². The Morgan fingerprint density at radius 2 is 2.00 bits per heavy atom. The van der Waals surface area contributed by atoms with Gasteiger partial charge in [-0.25, -0.2) is 4.98 Å². The topological polar surface area (TPSA) is 34.1 Å². The number of nitrogens with one attached hydrogen (secondary N) is 1. The summed E-state index contributed by atoms with van der Waals surface area (Å²) in [6.07, 6.45) is 1.57. The molecule has 1 aromatic carbocycles. The van der Waals surface area contributed by atoms with Gasteiger partial charge in [0.05, 0.1) is 5.69 Å². The first-order valence-electron chi connectivity index (χ1n) is 5.54. The molecule has 0 radical (unpaired) electrons. The van der Waals surface area contributed by atoms with E-state index in [0.717, 1.165) is 0 Å². The van der Waals surface area contributed by atoms with Crippen molar-refractivity contribution in [1.82, 2.24) is 4.98 Å². The number of benzene rings is 1. The van der Waals surface area contributed by atoms with Crippen LogP contribution in [0.1, 0.15) is 5.56 Å². The van der Waals surface area contributed by atoms with Gasteiger partial charge in [-0.3, -0.25) is 0 Å². The minimum absolute atomic E-state index is 0.144. The second-order valence-corrected chi connectivity index (χ2v) is 4.04. The van der Waals surface area contributed by atoms with E-state index in [0.29, 0.717) is 22.9 Å². The highest BCUT2D eigenvalue weighted by Gasteiger charge is 2.09. The van der Waals surface area contributed by atoms with E-state index in [-0.39, 0.29) is 5.75 Å². The SMILES string of the molecule is FC(F)Oc1ccccc1CNc1cccnc1Cl. The molecule has 2 rings (SSSR count). The van der Waals surface area contributed by atoms with Crippen LogP contribution >= 0.6 is 11.6 Å². The second kappa shape index (κ2) is 6.33. The third-order valence-corrected chi connectivity index (χ3v) is 2.72. The molecule has 19 heavy (non-hydrogen) atoms. The average Bonchev–Trinajstić information content (AvgIpc) is 2.39. The van der Waals surface area contributed by atoms with Gasteiger partial charge in [0.15, 0.2) is 5.15 Å². The van der Waals surface area contributed by atoms with Crippen molar-refractivity contribution in [3.63, 3.8) is 0 Å². The highest BCUT2D eigenvalue weighted by atomic mass is 35.5. The number of rotatable bonds is 5. The van der Waals surface area contributed by atoms with Crippen molar-refractivity contribution in [2.24, 2.45) is 0 Å². The molecule has 0 unspecified atom stereocenters. The Kier molecular flexibility index (Phi) is 4.52. The molecular formula is C13H11ClF2N2O. The quantitative estimate of drug-likeness (QED) is 0.844. The van der Waals surface area contributed by atoms with Gasteiger partial charge < -0.3 is 10.1 Å². The zero-order valence-corrected chi connectivity index (χ0v) is 10.6. The fourth-order valence-corrected chi connectivity index (χ4v) is 1.76. The molecule has 6 heteroatoms. The van der Waals surface area contributed by atoms with E-state index in [1.807, 2.05) is 0 Å². The van der Waals surface area contributed by atoms with Gasteiger partial charge in [-0.15, -0.1) is 0 Å². The summed E-state index contributed by atoms with van der Waals surface area (Å²) in [4.78, 5) is 3.91. The van der Waals surface area contributed by atoms with Crippen LogP contribution in [0.2, 0.25) is 5.15 Å². The van der Waals surface area contributed by atoms with E-state index >= 15 is 0 Å². The van der Waals surface area contributed by atoms with Crippen molar-refractivity contribution in [2.45, 2.75) is 13.2 Å². The maximum absolute atomic E-state index is 12.3. The van der Waals surface area contributed by atoms with E-state index < -0.39 is 6.61 Å². The molecule has 0 fully saturated rings. The molecule has 0 aliphatic carbocycles. The fraction of sp³-hybridized carbons (Fsp3) is 0.154. The molecule has 0 saturated carbocycles. The van der Waals surface area contributed by atoms with Crippen molar-refractivity contribution >= 4 is 17.3 Å². The van der Waals surface area contributed by atoms with Gasteiger partial charge >= 0.3 is 6.61 Å². The lowest BCUT2D eigenvalue weighted by atomic mass is 10.2. The first kappa shape index (κ1) is 13.5. The number of hydrogen-bond acceptors (Lipinski definition) is 3. The maximum atomic E-state index is 12.3. The highest BCUT2D eigenvalue weighted by molar-refractivity contribution is 6.31. The van der Waals surface area contributed by atoms with Crippen LogP contribution < -0.4 is 10.1 Å². The zero-order chi connectivity index (χ0) is 13.7. The van der Waals surface area contributed by atoms with E-state index in [9.17, 15) is 8.78 Å². The summed E-state index contributed by atoms with van der Waals surface area (Å²) in [6, 6.07) is 10.1. The van der Waals surface area contributed by atoms with Crippen LogP contribution in [0.5, 0.6) is 5.75 Å². The number of para-hydroxylation sites is 1. The number of pyridine rings is 1. The molecule has 0 saturated heterocycles. The second-order valence-electron chi connectivity index (χ2n) is 3.68. The lowest BCUT2D eigenvalue weighted by Gasteiger charge is -2.12. The van der Waals surface area contributed by atoms with Gasteiger partial charge in [-0.2, -0.15) is 8.78 Å². The van der Waals surface area contributed by atoms with Gasteiger partial charge in [-0.05, 0) is 18.2 Å². The summed E-state index contributed by atoms with van der Waals surface area (Å²) >= 11 is 5.89. The van der Waals surface area contributed by atoms with E-state index in [1.54, 1.807) is 36.5 Å². The van der Waals surface area contributed by atoms with Crippen LogP contribution in [0.15, 0.2) is 42.6 Å².